The van der Waals surface area contributed by atoms with E-state index < -0.39 is 24.8 Å². The Labute approximate surface area is 156 Å². The van der Waals surface area contributed by atoms with Crippen molar-refractivity contribution in [2.75, 3.05) is 34.4 Å². The van der Waals surface area contributed by atoms with Gasteiger partial charge in [-0.15, -0.1) is 0 Å². The largest absolute Gasteiger partial charge is 0.384 e. The van der Waals surface area contributed by atoms with E-state index in [0.29, 0.717) is 17.7 Å². The summed E-state index contributed by atoms with van der Waals surface area (Å²) >= 11 is 0. The molecule has 0 radical (unpaired) electrons. The minimum absolute atomic E-state index is 0.234. The predicted octanol–water partition coefficient (Wildman–Crippen LogP) is 2.08. The predicted molar refractivity (Wildman–Crippen MR) is 97.4 cm³/mol. The molecule has 0 aliphatic carbocycles. The Morgan fingerprint density at radius 2 is 1.88 bits per heavy atom. The number of rotatable bonds is 6. The van der Waals surface area contributed by atoms with Gasteiger partial charge in [0, 0.05) is 12.2 Å². The molecule has 146 valence electrons. The summed E-state index contributed by atoms with van der Waals surface area (Å²) in [6, 6.07) is 9.56. The number of nitrogens with zero attached hydrogens (tertiary/aromatic N) is 1. The Kier molecular flexibility index (Phi) is 6.33. The minimum atomic E-state index is -0.699. The van der Waals surface area contributed by atoms with Crippen LogP contribution >= 0.6 is 0 Å². The fourth-order valence-corrected chi connectivity index (χ4v) is 3.66. The maximum Gasteiger partial charge on any atom is 0.213 e. The topological polar surface area (TPSA) is 57.2 Å². The first-order chi connectivity index (χ1) is 12.4. The molecule has 0 spiro atoms. The number of aliphatic hydroxyl groups is 1. The van der Waals surface area contributed by atoms with Crippen LogP contribution in [-0.2, 0) is 18.9 Å². The summed E-state index contributed by atoms with van der Waals surface area (Å²) in [6.07, 6.45) is -0.407. The van der Waals surface area contributed by atoms with Gasteiger partial charge < -0.3 is 28.5 Å². The normalized spacial score (nSPS) is 35.1. The van der Waals surface area contributed by atoms with Crippen LogP contribution in [0.4, 0.5) is 0 Å². The van der Waals surface area contributed by atoms with Crippen molar-refractivity contribution in [1.29, 1.82) is 0 Å². The molecule has 26 heavy (non-hydrogen) atoms. The molecule has 2 fully saturated rings. The molecule has 2 saturated heterocycles. The van der Waals surface area contributed by atoms with Crippen molar-refractivity contribution >= 4 is 0 Å². The molecular weight excluding hydrogens is 334 g/mol. The van der Waals surface area contributed by atoms with Crippen molar-refractivity contribution in [3.63, 3.8) is 0 Å². The van der Waals surface area contributed by atoms with Gasteiger partial charge >= 0.3 is 0 Å². The lowest BCUT2D eigenvalue weighted by molar-refractivity contribution is -0.910. The maximum absolute atomic E-state index is 11.1. The van der Waals surface area contributed by atoms with E-state index in [2.05, 4.69) is 6.92 Å². The van der Waals surface area contributed by atoms with Crippen molar-refractivity contribution < 1.29 is 28.5 Å². The molecule has 1 aromatic rings. The third-order valence-corrected chi connectivity index (χ3v) is 5.08. The van der Waals surface area contributed by atoms with E-state index in [9.17, 15) is 5.11 Å². The smallest absolute Gasteiger partial charge is 0.213 e. The summed E-state index contributed by atoms with van der Waals surface area (Å²) in [6.45, 7) is 3.12. The van der Waals surface area contributed by atoms with Crippen LogP contribution < -0.4 is 0 Å². The Morgan fingerprint density at radius 3 is 2.54 bits per heavy atom. The molecule has 6 atom stereocenters. The Hall–Kier alpha value is -1.02. The molecule has 0 bridgehead atoms. The number of fused-ring (bicyclic) bond motifs is 1. The van der Waals surface area contributed by atoms with E-state index >= 15 is 0 Å². The van der Waals surface area contributed by atoms with Crippen molar-refractivity contribution in [2.24, 2.45) is 0 Å². The first-order valence-corrected chi connectivity index (χ1v) is 9.50. The van der Waals surface area contributed by atoms with Gasteiger partial charge in [0.05, 0.1) is 27.7 Å². The maximum atomic E-state index is 11.1. The van der Waals surface area contributed by atoms with Crippen LogP contribution in [0.2, 0.25) is 0 Å². The zero-order valence-electron chi connectivity index (χ0n) is 16.2. The first kappa shape index (κ1) is 19.7. The van der Waals surface area contributed by atoms with Crippen molar-refractivity contribution in [1.82, 2.24) is 0 Å². The highest BCUT2D eigenvalue weighted by molar-refractivity contribution is 5.16. The lowest BCUT2D eigenvalue weighted by Gasteiger charge is -2.51. The molecule has 2 heterocycles. The lowest BCUT2D eigenvalue weighted by atomic mass is 9.94. The monoisotopic (exact) mass is 366 g/mol. The number of aliphatic hydroxyl groups excluding tert-OH is 1. The Morgan fingerprint density at radius 1 is 1.15 bits per heavy atom. The first-order valence-electron chi connectivity index (χ1n) is 9.50. The number of quaternary nitrogens is 1. The summed E-state index contributed by atoms with van der Waals surface area (Å²) < 4.78 is 24.7. The SMILES string of the molecule is CCCCO[C@@H]1O[C@H]2CO[C@H](c3ccccc3)O[C@@H]2[C@H](O)[C@@H]1[N+](C)(C)C. The Balaban J connectivity index is 1.75. The average molecular weight is 366 g/mol. The van der Waals surface area contributed by atoms with Crippen molar-refractivity contribution in [3.05, 3.63) is 35.9 Å². The number of hydrogen-bond donors (Lipinski definition) is 1. The van der Waals surface area contributed by atoms with Crippen LogP contribution in [0.5, 0.6) is 0 Å². The summed E-state index contributed by atoms with van der Waals surface area (Å²) in [5.74, 6) is 0. The van der Waals surface area contributed by atoms with E-state index in [1.54, 1.807) is 0 Å². The van der Waals surface area contributed by atoms with E-state index in [1.807, 2.05) is 51.5 Å². The van der Waals surface area contributed by atoms with Gasteiger partial charge in [-0.2, -0.15) is 0 Å². The van der Waals surface area contributed by atoms with Gasteiger partial charge in [0.1, 0.15) is 18.3 Å². The second kappa shape index (κ2) is 8.33. The van der Waals surface area contributed by atoms with Crippen LogP contribution in [0.1, 0.15) is 31.6 Å². The number of ether oxygens (including phenoxy) is 4. The second-order valence-electron chi connectivity index (χ2n) is 8.04. The van der Waals surface area contributed by atoms with Crippen molar-refractivity contribution in [2.45, 2.75) is 56.7 Å². The molecule has 0 aromatic heterocycles. The quantitative estimate of drug-likeness (QED) is 0.617. The highest BCUT2D eigenvalue weighted by Gasteiger charge is 2.54. The fourth-order valence-electron chi connectivity index (χ4n) is 3.66. The third-order valence-electron chi connectivity index (χ3n) is 5.08. The van der Waals surface area contributed by atoms with E-state index in [1.165, 1.54) is 0 Å². The standard InChI is InChI=1S/C20H32NO5/c1-5-6-12-23-20-16(21(2,3)4)17(22)18-15(25-20)13-24-19(26-18)14-10-8-7-9-11-14/h7-11,15-20,22H,5-6,12-13H2,1-4H3/q+1/t15-,16-,17+,18-,19-,20+/m0/s1. The van der Waals surface area contributed by atoms with Crippen LogP contribution in [0.3, 0.4) is 0 Å². The molecule has 1 N–H and O–H groups in total. The highest BCUT2D eigenvalue weighted by atomic mass is 16.7. The zero-order valence-corrected chi connectivity index (χ0v) is 16.2. The zero-order chi connectivity index (χ0) is 18.7. The van der Waals surface area contributed by atoms with Crippen LogP contribution in [-0.4, -0.2) is 74.6 Å². The third kappa shape index (κ3) is 4.27. The molecule has 2 aliphatic heterocycles. The molecule has 6 heteroatoms. The van der Waals surface area contributed by atoms with Gasteiger partial charge in [-0.05, 0) is 6.42 Å². The molecule has 0 saturated carbocycles. The van der Waals surface area contributed by atoms with Crippen LogP contribution in [0.15, 0.2) is 30.3 Å². The molecule has 2 aliphatic rings. The second-order valence-corrected chi connectivity index (χ2v) is 8.04. The van der Waals surface area contributed by atoms with Gasteiger partial charge in [-0.25, -0.2) is 0 Å². The van der Waals surface area contributed by atoms with Crippen LogP contribution in [0.25, 0.3) is 0 Å². The summed E-state index contributed by atoms with van der Waals surface area (Å²) in [4.78, 5) is 0. The Bertz CT molecular complexity index is 561. The summed E-state index contributed by atoms with van der Waals surface area (Å²) in [7, 11) is 6.13. The molecule has 0 amide bonds. The van der Waals surface area contributed by atoms with Gasteiger partial charge in [-0.1, -0.05) is 43.7 Å². The van der Waals surface area contributed by atoms with Gasteiger partial charge in [0.2, 0.25) is 6.29 Å². The number of benzene rings is 1. The fraction of sp³-hybridized carbons (Fsp3) is 0.700. The number of hydrogen-bond acceptors (Lipinski definition) is 5. The van der Waals surface area contributed by atoms with Gasteiger partial charge in [-0.3, -0.25) is 0 Å². The summed E-state index contributed by atoms with van der Waals surface area (Å²) in [5.41, 5.74) is 0.946. The molecule has 0 unspecified atom stereocenters. The lowest BCUT2D eigenvalue weighted by Crippen LogP contribution is -2.69. The molecular formula is C20H32NO5+. The highest BCUT2D eigenvalue weighted by Crippen LogP contribution is 2.36. The van der Waals surface area contributed by atoms with E-state index in [-0.39, 0.29) is 12.1 Å². The molecule has 1 aromatic carbocycles. The summed E-state index contributed by atoms with van der Waals surface area (Å²) in [5, 5.41) is 11.1. The number of unbranched alkanes of at least 4 members (excludes halogenated alkanes) is 1. The van der Waals surface area contributed by atoms with E-state index in [4.69, 9.17) is 18.9 Å². The minimum Gasteiger partial charge on any atom is -0.384 e. The van der Waals surface area contributed by atoms with Gasteiger partial charge in [0.15, 0.2) is 12.3 Å². The van der Waals surface area contributed by atoms with Crippen LogP contribution in [0, 0.1) is 0 Å². The molecule has 3 rings (SSSR count). The van der Waals surface area contributed by atoms with Gasteiger partial charge in [0.25, 0.3) is 0 Å². The average Bonchev–Trinajstić information content (AvgIpc) is 2.61. The molecule has 6 nitrogen and oxygen atoms in total. The number of likely N-dealkylation sites (N-methyl/N-ethyl adjacent to an activating group) is 1. The van der Waals surface area contributed by atoms with E-state index in [0.717, 1.165) is 18.4 Å². The van der Waals surface area contributed by atoms with Crippen molar-refractivity contribution in [3.8, 4) is 0 Å².